The van der Waals surface area contributed by atoms with E-state index in [9.17, 15) is 21.6 Å². The standard InChI is InChI=1S/C17H19ClN2O6S2/c1-19-27(22,23)11-13-5-3-4-12(8-13)10-20-28(24,25)16-7-6-14(9-15(16)18)17(21)26-2/h3-9,19-20H,10-11H2,1-2H3. The summed E-state index contributed by atoms with van der Waals surface area (Å²) in [6.07, 6.45) is 0. The largest absolute Gasteiger partial charge is 0.465 e. The molecule has 0 bridgehead atoms. The van der Waals surface area contributed by atoms with Gasteiger partial charge >= 0.3 is 5.97 Å². The van der Waals surface area contributed by atoms with Crippen LogP contribution in [-0.4, -0.2) is 37.0 Å². The average molecular weight is 447 g/mol. The first kappa shape index (κ1) is 22.3. The monoisotopic (exact) mass is 446 g/mol. The molecule has 0 atom stereocenters. The molecule has 0 heterocycles. The number of sulfonamides is 2. The molecule has 0 amide bonds. The van der Waals surface area contributed by atoms with Crippen molar-refractivity contribution < 1.29 is 26.4 Å². The molecule has 11 heteroatoms. The summed E-state index contributed by atoms with van der Waals surface area (Å²) in [5, 5.41) is -0.121. The number of hydrogen-bond donors (Lipinski definition) is 2. The number of nitrogens with one attached hydrogen (secondary N) is 2. The van der Waals surface area contributed by atoms with E-state index in [0.717, 1.165) is 0 Å². The van der Waals surface area contributed by atoms with Gasteiger partial charge in [-0.15, -0.1) is 0 Å². The van der Waals surface area contributed by atoms with Gasteiger partial charge in [-0.1, -0.05) is 35.9 Å². The zero-order chi connectivity index (χ0) is 20.9. The molecule has 0 unspecified atom stereocenters. The Kier molecular flexibility index (Phi) is 7.18. The van der Waals surface area contributed by atoms with E-state index in [0.29, 0.717) is 11.1 Å². The third kappa shape index (κ3) is 5.76. The van der Waals surface area contributed by atoms with Crippen LogP contribution in [0.1, 0.15) is 21.5 Å². The van der Waals surface area contributed by atoms with Gasteiger partial charge in [-0.25, -0.2) is 31.1 Å². The first-order valence-electron chi connectivity index (χ1n) is 7.94. The molecule has 0 aliphatic heterocycles. The van der Waals surface area contributed by atoms with Crippen LogP contribution in [0.2, 0.25) is 5.02 Å². The predicted octanol–water partition coefficient (Wildman–Crippen LogP) is 1.65. The van der Waals surface area contributed by atoms with Gasteiger partial charge in [0.25, 0.3) is 0 Å². The van der Waals surface area contributed by atoms with Gasteiger partial charge in [0.05, 0.1) is 23.4 Å². The van der Waals surface area contributed by atoms with E-state index in [1.54, 1.807) is 24.3 Å². The lowest BCUT2D eigenvalue weighted by atomic mass is 10.1. The summed E-state index contributed by atoms with van der Waals surface area (Å²) in [6, 6.07) is 10.3. The van der Waals surface area contributed by atoms with Crippen molar-refractivity contribution in [1.29, 1.82) is 0 Å². The van der Waals surface area contributed by atoms with Crippen LogP contribution in [-0.2, 0) is 37.1 Å². The Morgan fingerprint density at radius 3 is 2.36 bits per heavy atom. The minimum absolute atomic E-state index is 0.0646. The molecule has 28 heavy (non-hydrogen) atoms. The topological polar surface area (TPSA) is 119 Å². The number of benzene rings is 2. The van der Waals surface area contributed by atoms with Crippen LogP contribution in [0.25, 0.3) is 0 Å². The van der Waals surface area contributed by atoms with E-state index in [4.69, 9.17) is 11.6 Å². The van der Waals surface area contributed by atoms with Crippen LogP contribution >= 0.6 is 11.6 Å². The molecule has 0 aliphatic carbocycles. The van der Waals surface area contributed by atoms with Crippen LogP contribution in [0.3, 0.4) is 0 Å². The highest BCUT2D eigenvalue weighted by Crippen LogP contribution is 2.23. The van der Waals surface area contributed by atoms with E-state index in [1.165, 1.54) is 32.4 Å². The molecule has 0 fully saturated rings. The lowest BCUT2D eigenvalue weighted by Crippen LogP contribution is -2.24. The molecule has 2 rings (SSSR count). The number of carbonyl (C=O) groups excluding carboxylic acids is 1. The third-order valence-corrected chi connectivity index (χ3v) is 6.99. The Hall–Kier alpha value is -1.98. The van der Waals surface area contributed by atoms with Gasteiger partial charge in [0.1, 0.15) is 4.90 Å². The molecule has 0 spiro atoms. The Morgan fingerprint density at radius 1 is 1.07 bits per heavy atom. The number of hydrogen-bond acceptors (Lipinski definition) is 6. The maximum absolute atomic E-state index is 12.5. The lowest BCUT2D eigenvalue weighted by molar-refractivity contribution is 0.0600. The van der Waals surface area contributed by atoms with E-state index >= 15 is 0 Å². The number of esters is 1. The highest BCUT2D eigenvalue weighted by Gasteiger charge is 2.19. The van der Waals surface area contributed by atoms with Crippen molar-refractivity contribution in [3.8, 4) is 0 Å². The quantitative estimate of drug-likeness (QED) is 0.595. The van der Waals surface area contributed by atoms with Gasteiger partial charge in [0.2, 0.25) is 20.0 Å². The van der Waals surface area contributed by atoms with Crippen molar-refractivity contribution in [2.45, 2.75) is 17.2 Å². The fraction of sp³-hybridized carbons (Fsp3) is 0.235. The van der Waals surface area contributed by atoms with Crippen molar-refractivity contribution >= 4 is 37.6 Å². The summed E-state index contributed by atoms with van der Waals surface area (Å²) in [5.41, 5.74) is 1.23. The Labute approximate surface area is 169 Å². The van der Waals surface area contributed by atoms with Crippen LogP contribution in [0, 0.1) is 0 Å². The van der Waals surface area contributed by atoms with E-state index in [-0.39, 0.29) is 27.8 Å². The summed E-state index contributed by atoms with van der Waals surface area (Å²) in [6.45, 7) is -0.0646. The number of methoxy groups -OCH3 is 1. The maximum atomic E-state index is 12.5. The number of carbonyl (C=O) groups is 1. The summed E-state index contributed by atoms with van der Waals surface area (Å²) in [5.74, 6) is -0.850. The Morgan fingerprint density at radius 2 is 1.75 bits per heavy atom. The molecule has 2 aromatic rings. The summed E-state index contributed by atoms with van der Waals surface area (Å²) in [4.78, 5) is 11.3. The summed E-state index contributed by atoms with van der Waals surface area (Å²) in [7, 11) is -4.87. The van der Waals surface area contributed by atoms with Gasteiger partial charge in [0, 0.05) is 6.54 Å². The van der Waals surface area contributed by atoms with E-state index in [1.807, 2.05) is 0 Å². The highest BCUT2D eigenvalue weighted by atomic mass is 35.5. The van der Waals surface area contributed by atoms with Gasteiger partial charge in [-0.3, -0.25) is 0 Å². The van der Waals surface area contributed by atoms with Crippen molar-refractivity contribution in [1.82, 2.24) is 9.44 Å². The Balaban J connectivity index is 2.17. The van der Waals surface area contributed by atoms with Crippen LogP contribution in [0.4, 0.5) is 0 Å². The third-order valence-electron chi connectivity index (χ3n) is 3.77. The molecule has 2 N–H and O–H groups in total. The van der Waals surface area contributed by atoms with Crippen LogP contribution in [0.15, 0.2) is 47.4 Å². The molecule has 8 nitrogen and oxygen atoms in total. The van der Waals surface area contributed by atoms with Gasteiger partial charge < -0.3 is 4.74 Å². The summed E-state index contributed by atoms with van der Waals surface area (Å²) < 4.78 is 57.5. The summed E-state index contributed by atoms with van der Waals surface area (Å²) >= 11 is 6.01. The highest BCUT2D eigenvalue weighted by molar-refractivity contribution is 7.89. The van der Waals surface area contributed by atoms with Crippen molar-refractivity contribution in [3.63, 3.8) is 0 Å². The minimum Gasteiger partial charge on any atom is -0.465 e. The second-order valence-electron chi connectivity index (χ2n) is 5.74. The molecular weight excluding hydrogens is 428 g/mol. The number of ether oxygens (including phenoxy) is 1. The molecule has 152 valence electrons. The molecular formula is C17H19ClN2O6S2. The van der Waals surface area contributed by atoms with Gasteiger partial charge in [-0.05, 0) is 36.4 Å². The normalized spacial score (nSPS) is 12.0. The number of halogens is 1. The molecule has 0 saturated carbocycles. The molecule has 2 aromatic carbocycles. The Bertz CT molecular complexity index is 1080. The SMILES string of the molecule is CNS(=O)(=O)Cc1cccc(CNS(=O)(=O)c2ccc(C(=O)OC)cc2Cl)c1. The minimum atomic E-state index is -3.96. The van der Waals surface area contributed by atoms with Crippen molar-refractivity contribution in [3.05, 3.63) is 64.2 Å². The fourth-order valence-corrected chi connectivity index (χ4v) is 4.66. The van der Waals surface area contributed by atoms with Gasteiger partial charge in [-0.2, -0.15) is 0 Å². The first-order valence-corrected chi connectivity index (χ1v) is 11.5. The smallest absolute Gasteiger partial charge is 0.337 e. The second kappa shape index (κ2) is 9.01. The predicted molar refractivity (Wildman–Crippen MR) is 105 cm³/mol. The van der Waals surface area contributed by atoms with Crippen molar-refractivity contribution in [2.24, 2.45) is 0 Å². The molecule has 0 aliphatic rings. The van der Waals surface area contributed by atoms with Crippen LogP contribution in [0.5, 0.6) is 0 Å². The zero-order valence-corrected chi connectivity index (χ0v) is 17.5. The van der Waals surface area contributed by atoms with Crippen LogP contribution < -0.4 is 9.44 Å². The fourth-order valence-electron chi connectivity index (χ4n) is 2.34. The average Bonchev–Trinajstić information content (AvgIpc) is 2.65. The van der Waals surface area contributed by atoms with Crippen molar-refractivity contribution in [2.75, 3.05) is 14.2 Å². The van der Waals surface area contributed by atoms with E-state index in [2.05, 4.69) is 14.2 Å². The lowest BCUT2D eigenvalue weighted by Gasteiger charge is -2.10. The van der Waals surface area contributed by atoms with E-state index < -0.39 is 26.0 Å². The van der Waals surface area contributed by atoms with Gasteiger partial charge in [0.15, 0.2) is 0 Å². The molecule has 0 radical (unpaired) electrons. The molecule has 0 saturated heterocycles. The second-order valence-corrected chi connectivity index (χ2v) is 9.81. The zero-order valence-electron chi connectivity index (χ0n) is 15.1. The maximum Gasteiger partial charge on any atom is 0.337 e. The first-order chi connectivity index (χ1) is 13.1. The number of rotatable bonds is 8. The molecule has 0 aromatic heterocycles.